The maximum atomic E-state index is 11.0. The first kappa shape index (κ1) is 13.1. The van der Waals surface area contributed by atoms with E-state index in [9.17, 15) is 9.90 Å². The van der Waals surface area contributed by atoms with Crippen molar-refractivity contribution in [2.24, 2.45) is 5.92 Å². The van der Waals surface area contributed by atoms with Gasteiger partial charge in [0.2, 0.25) is 0 Å². The molecule has 1 aliphatic rings. The van der Waals surface area contributed by atoms with Crippen LogP contribution in [0.2, 0.25) is 0 Å². The minimum Gasteiger partial charge on any atom is -0.481 e. The Morgan fingerprint density at radius 3 is 2.90 bits per heavy atom. The predicted octanol–water partition coefficient (Wildman–Crippen LogP) is 1.57. The minimum atomic E-state index is -0.946. The highest BCUT2D eigenvalue weighted by molar-refractivity contribution is 5.84. The fraction of sp³-hybridized carbons (Fsp3) is 0.400. The molecule has 0 bridgehead atoms. The molecule has 1 aliphatic heterocycles. The Bertz CT molecular complexity index is 650. The Morgan fingerprint density at radius 2 is 2.20 bits per heavy atom. The van der Waals surface area contributed by atoms with Crippen molar-refractivity contribution in [2.75, 3.05) is 6.54 Å². The number of piperidine rings is 1. The first-order chi connectivity index (χ1) is 9.56. The lowest BCUT2D eigenvalue weighted by molar-refractivity contribution is -0.147. The number of aromatic nitrogens is 1. The highest BCUT2D eigenvalue weighted by Gasteiger charge is 2.34. The van der Waals surface area contributed by atoms with Crippen molar-refractivity contribution in [2.45, 2.75) is 25.5 Å². The van der Waals surface area contributed by atoms with Gasteiger partial charge in [-0.2, -0.15) is 0 Å². The molecular weight excluding hydrogens is 256 g/mol. The maximum absolute atomic E-state index is 11.0. The number of aliphatic hydroxyl groups excluding tert-OH is 1. The number of fused-ring (bicyclic) bond motifs is 1. The number of carboxylic acid groups (broad SMARTS) is 1. The fourth-order valence-electron chi connectivity index (χ4n) is 2.93. The van der Waals surface area contributed by atoms with E-state index in [0.29, 0.717) is 13.0 Å². The van der Waals surface area contributed by atoms with Gasteiger partial charge in [0.05, 0.1) is 12.0 Å². The van der Waals surface area contributed by atoms with Gasteiger partial charge in [0.25, 0.3) is 0 Å². The van der Waals surface area contributed by atoms with Crippen molar-refractivity contribution >= 4 is 16.9 Å². The number of nitrogens with one attached hydrogen (secondary N) is 2. The van der Waals surface area contributed by atoms with Gasteiger partial charge in [-0.1, -0.05) is 11.6 Å². The number of aromatic amines is 1. The third-order valence-corrected chi connectivity index (χ3v) is 4.09. The standard InChI is InChI=1S/C15H18N2O3/c1-8-2-3-12-9(4-8)10(6-16-12)13-5-14(18)11(7-17-13)15(19)20/h2-4,6,11,13-14,16-18H,5,7H2,1H3,(H,19,20). The van der Waals surface area contributed by atoms with Crippen LogP contribution >= 0.6 is 0 Å². The van der Waals surface area contributed by atoms with Crippen LogP contribution in [0.15, 0.2) is 24.4 Å². The van der Waals surface area contributed by atoms with E-state index >= 15 is 0 Å². The normalized spacial score (nSPS) is 26.8. The molecular formula is C15H18N2O3. The van der Waals surface area contributed by atoms with Crippen molar-refractivity contribution in [3.63, 3.8) is 0 Å². The molecule has 1 saturated heterocycles. The van der Waals surface area contributed by atoms with Crippen LogP contribution in [-0.2, 0) is 4.79 Å². The summed E-state index contributed by atoms with van der Waals surface area (Å²) in [6.07, 6.45) is 1.54. The molecule has 0 saturated carbocycles. The molecule has 0 radical (unpaired) electrons. The lowest BCUT2D eigenvalue weighted by Crippen LogP contribution is -2.45. The van der Waals surface area contributed by atoms with E-state index in [0.717, 1.165) is 16.5 Å². The average Bonchev–Trinajstić information content (AvgIpc) is 2.81. The van der Waals surface area contributed by atoms with Gasteiger partial charge in [-0.15, -0.1) is 0 Å². The van der Waals surface area contributed by atoms with Gasteiger partial charge >= 0.3 is 5.97 Å². The van der Waals surface area contributed by atoms with Gasteiger partial charge in [-0.05, 0) is 31.0 Å². The van der Waals surface area contributed by atoms with Gasteiger partial charge in [0, 0.05) is 29.7 Å². The number of benzene rings is 1. The Hall–Kier alpha value is -1.85. The molecule has 0 amide bonds. The predicted molar refractivity (Wildman–Crippen MR) is 75.5 cm³/mol. The second-order valence-electron chi connectivity index (χ2n) is 5.50. The monoisotopic (exact) mass is 274 g/mol. The summed E-state index contributed by atoms with van der Waals surface area (Å²) in [5.41, 5.74) is 3.33. The van der Waals surface area contributed by atoms with Crippen LogP contribution < -0.4 is 5.32 Å². The van der Waals surface area contributed by atoms with Crippen molar-refractivity contribution in [1.82, 2.24) is 10.3 Å². The highest BCUT2D eigenvalue weighted by atomic mass is 16.4. The van der Waals surface area contributed by atoms with Crippen molar-refractivity contribution in [3.8, 4) is 0 Å². The first-order valence-electron chi connectivity index (χ1n) is 6.78. The van der Waals surface area contributed by atoms with E-state index in [1.54, 1.807) is 0 Å². The lowest BCUT2D eigenvalue weighted by atomic mass is 9.88. The maximum Gasteiger partial charge on any atom is 0.310 e. The van der Waals surface area contributed by atoms with E-state index in [2.05, 4.69) is 16.4 Å². The Balaban J connectivity index is 1.89. The second-order valence-corrected chi connectivity index (χ2v) is 5.50. The lowest BCUT2D eigenvalue weighted by Gasteiger charge is -2.31. The summed E-state index contributed by atoms with van der Waals surface area (Å²) in [4.78, 5) is 14.2. The van der Waals surface area contributed by atoms with Gasteiger partial charge in [-0.3, -0.25) is 4.79 Å². The molecule has 3 rings (SSSR count). The molecule has 5 nitrogen and oxygen atoms in total. The molecule has 106 valence electrons. The van der Waals surface area contributed by atoms with Crippen molar-refractivity contribution < 1.29 is 15.0 Å². The zero-order valence-corrected chi connectivity index (χ0v) is 11.3. The highest BCUT2D eigenvalue weighted by Crippen LogP contribution is 2.31. The van der Waals surface area contributed by atoms with E-state index in [1.165, 1.54) is 5.56 Å². The van der Waals surface area contributed by atoms with Crippen LogP contribution in [0.3, 0.4) is 0 Å². The summed E-state index contributed by atoms with van der Waals surface area (Å²) in [5, 5.41) is 23.4. The molecule has 1 fully saturated rings. The fourth-order valence-corrected chi connectivity index (χ4v) is 2.93. The molecule has 2 heterocycles. The zero-order valence-electron chi connectivity index (χ0n) is 11.3. The van der Waals surface area contributed by atoms with E-state index in [4.69, 9.17) is 5.11 Å². The third-order valence-electron chi connectivity index (χ3n) is 4.09. The Morgan fingerprint density at radius 1 is 1.40 bits per heavy atom. The number of H-pyrrole nitrogens is 1. The topological polar surface area (TPSA) is 85.3 Å². The second kappa shape index (κ2) is 4.92. The van der Waals surface area contributed by atoms with E-state index in [-0.39, 0.29) is 6.04 Å². The summed E-state index contributed by atoms with van der Waals surface area (Å²) >= 11 is 0. The molecule has 2 aromatic rings. The van der Waals surface area contributed by atoms with Gasteiger partial charge in [0.1, 0.15) is 0 Å². The third kappa shape index (κ3) is 2.19. The van der Waals surface area contributed by atoms with Gasteiger partial charge < -0.3 is 20.5 Å². The number of carboxylic acids is 1. The van der Waals surface area contributed by atoms with Crippen LogP contribution in [-0.4, -0.2) is 33.8 Å². The van der Waals surface area contributed by atoms with Crippen LogP contribution in [0.4, 0.5) is 0 Å². The van der Waals surface area contributed by atoms with Crippen LogP contribution in [0.25, 0.3) is 10.9 Å². The molecule has 4 N–H and O–H groups in total. The van der Waals surface area contributed by atoms with Crippen LogP contribution in [0.1, 0.15) is 23.6 Å². The summed E-state index contributed by atoms with van der Waals surface area (Å²) in [6.45, 7) is 2.33. The molecule has 1 aromatic carbocycles. The summed E-state index contributed by atoms with van der Waals surface area (Å²) in [7, 11) is 0. The summed E-state index contributed by atoms with van der Waals surface area (Å²) < 4.78 is 0. The van der Waals surface area contributed by atoms with Gasteiger partial charge in [0.15, 0.2) is 0 Å². The molecule has 3 atom stereocenters. The number of hydrogen-bond acceptors (Lipinski definition) is 3. The molecule has 0 spiro atoms. The number of aryl methyl sites for hydroxylation is 1. The Labute approximate surface area is 116 Å². The summed E-state index contributed by atoms with van der Waals surface area (Å²) in [5.74, 6) is -1.67. The SMILES string of the molecule is Cc1ccc2[nH]cc(C3CC(O)C(C(=O)O)CN3)c2c1. The van der Waals surface area contributed by atoms with Gasteiger partial charge in [-0.25, -0.2) is 0 Å². The summed E-state index contributed by atoms with van der Waals surface area (Å²) in [6, 6.07) is 6.18. The number of aliphatic hydroxyl groups is 1. The number of rotatable bonds is 2. The molecule has 1 aromatic heterocycles. The van der Waals surface area contributed by atoms with Crippen LogP contribution in [0, 0.1) is 12.8 Å². The van der Waals surface area contributed by atoms with E-state index < -0.39 is 18.0 Å². The zero-order chi connectivity index (χ0) is 14.3. The smallest absolute Gasteiger partial charge is 0.310 e. The van der Waals surface area contributed by atoms with E-state index in [1.807, 2.05) is 25.3 Å². The molecule has 0 aliphatic carbocycles. The van der Waals surface area contributed by atoms with Crippen molar-refractivity contribution in [1.29, 1.82) is 0 Å². The average molecular weight is 274 g/mol. The molecule has 20 heavy (non-hydrogen) atoms. The number of hydrogen-bond donors (Lipinski definition) is 4. The molecule has 5 heteroatoms. The molecule has 3 unspecified atom stereocenters. The first-order valence-corrected chi connectivity index (χ1v) is 6.78. The quantitative estimate of drug-likeness (QED) is 0.669. The largest absolute Gasteiger partial charge is 0.481 e. The Kier molecular flexibility index (Phi) is 3.23. The number of carbonyl (C=O) groups is 1. The number of aliphatic carboxylic acids is 1. The minimum absolute atomic E-state index is 0.0175. The van der Waals surface area contributed by atoms with Crippen LogP contribution in [0.5, 0.6) is 0 Å². The van der Waals surface area contributed by atoms with Crippen molar-refractivity contribution in [3.05, 3.63) is 35.5 Å².